The number of benzene rings is 2. The van der Waals surface area contributed by atoms with Gasteiger partial charge in [0, 0.05) is 31.0 Å². The number of hydrogen-bond donors (Lipinski definition) is 3. The van der Waals surface area contributed by atoms with Crippen molar-refractivity contribution in [3.05, 3.63) is 90.0 Å². The molecule has 1 aromatic heterocycles. The van der Waals surface area contributed by atoms with Crippen molar-refractivity contribution in [3.8, 4) is 11.1 Å². The molecule has 2 aliphatic rings. The van der Waals surface area contributed by atoms with Gasteiger partial charge in [-0.25, -0.2) is 4.39 Å². The first-order chi connectivity index (χ1) is 18.2. The third-order valence-corrected chi connectivity index (χ3v) is 7.73. The van der Waals surface area contributed by atoms with E-state index in [9.17, 15) is 4.39 Å². The summed E-state index contributed by atoms with van der Waals surface area (Å²) in [5.41, 5.74) is 5.04. The number of aromatic nitrogens is 1. The quantitative estimate of drug-likeness (QED) is 0.257. The number of rotatable bonds is 7. The van der Waals surface area contributed by atoms with Crippen molar-refractivity contribution in [1.29, 1.82) is 0 Å². The van der Waals surface area contributed by atoms with Crippen LogP contribution in [-0.2, 0) is 27.1 Å². The molecule has 3 N–H and O–H groups in total. The van der Waals surface area contributed by atoms with Crippen LogP contribution in [0.2, 0.25) is 0 Å². The van der Waals surface area contributed by atoms with E-state index in [2.05, 4.69) is 46.7 Å². The number of pyridine rings is 1. The summed E-state index contributed by atoms with van der Waals surface area (Å²) in [7, 11) is -4.67. The molecule has 3 aromatic rings. The lowest BCUT2D eigenvalue weighted by Gasteiger charge is -2.47. The van der Waals surface area contributed by atoms with Crippen molar-refractivity contribution in [2.75, 3.05) is 13.2 Å². The minimum atomic E-state index is -4.67. The Balaban J connectivity index is 0.000000617. The van der Waals surface area contributed by atoms with Crippen molar-refractivity contribution in [2.24, 2.45) is 0 Å². The second-order valence-electron chi connectivity index (χ2n) is 10.2. The van der Waals surface area contributed by atoms with Gasteiger partial charge in [0.1, 0.15) is 5.82 Å². The Bertz CT molecular complexity index is 1270. The maximum atomic E-state index is 13.7. The summed E-state index contributed by atoms with van der Waals surface area (Å²) in [4.78, 5) is 4.15. The Morgan fingerprint density at radius 2 is 1.61 bits per heavy atom. The Morgan fingerprint density at radius 1 is 0.947 bits per heavy atom. The van der Waals surface area contributed by atoms with Crippen LogP contribution >= 0.6 is 0 Å². The van der Waals surface area contributed by atoms with Crippen molar-refractivity contribution >= 4 is 10.4 Å². The summed E-state index contributed by atoms with van der Waals surface area (Å²) in [6.45, 7) is 2.53. The minimum absolute atomic E-state index is 0.0145. The van der Waals surface area contributed by atoms with E-state index in [0.29, 0.717) is 0 Å². The topological polar surface area (TPSA) is 109 Å². The van der Waals surface area contributed by atoms with Crippen molar-refractivity contribution in [2.45, 2.75) is 62.5 Å². The zero-order valence-electron chi connectivity index (χ0n) is 21.4. The van der Waals surface area contributed by atoms with E-state index in [1.807, 2.05) is 24.5 Å². The molecule has 2 heterocycles. The van der Waals surface area contributed by atoms with E-state index in [4.69, 9.17) is 22.3 Å². The highest BCUT2D eigenvalue weighted by atomic mass is 32.3. The zero-order valence-corrected chi connectivity index (χ0v) is 22.2. The first kappa shape index (κ1) is 28.3. The van der Waals surface area contributed by atoms with Crippen LogP contribution in [0.1, 0.15) is 56.1 Å². The van der Waals surface area contributed by atoms with Gasteiger partial charge in [0.15, 0.2) is 0 Å². The molecule has 1 atom stereocenters. The lowest BCUT2D eigenvalue weighted by Crippen LogP contribution is -2.47. The first-order valence-electron chi connectivity index (χ1n) is 13.0. The average molecular weight is 543 g/mol. The van der Waals surface area contributed by atoms with E-state index in [1.54, 1.807) is 12.1 Å². The Hall–Kier alpha value is -2.69. The largest absolute Gasteiger partial charge is 0.394 e. The normalized spacial score (nSPS) is 20.6. The molecule has 1 saturated heterocycles. The van der Waals surface area contributed by atoms with Crippen LogP contribution in [0.5, 0.6) is 0 Å². The Kier molecular flexibility index (Phi) is 9.27. The lowest BCUT2D eigenvalue weighted by atomic mass is 9.66. The molecular formula is C29H35FN2O5S. The molecule has 38 heavy (non-hydrogen) atoms. The van der Waals surface area contributed by atoms with Gasteiger partial charge in [0.2, 0.25) is 0 Å². The fraction of sp³-hybridized carbons (Fsp3) is 0.414. The van der Waals surface area contributed by atoms with Crippen LogP contribution < -0.4 is 5.32 Å². The van der Waals surface area contributed by atoms with Crippen LogP contribution in [0.25, 0.3) is 11.1 Å². The van der Waals surface area contributed by atoms with Gasteiger partial charge in [0.25, 0.3) is 0 Å². The van der Waals surface area contributed by atoms with Gasteiger partial charge in [0.05, 0.1) is 5.60 Å². The summed E-state index contributed by atoms with van der Waals surface area (Å²) in [5, 5.41) is 3.71. The van der Waals surface area contributed by atoms with Gasteiger partial charge >= 0.3 is 10.4 Å². The summed E-state index contributed by atoms with van der Waals surface area (Å²) in [6, 6.07) is 19.9. The molecule has 1 aliphatic heterocycles. The van der Waals surface area contributed by atoms with E-state index in [0.717, 1.165) is 51.8 Å². The van der Waals surface area contributed by atoms with Gasteiger partial charge in [-0.2, -0.15) is 8.42 Å². The fourth-order valence-corrected chi connectivity index (χ4v) is 6.01. The summed E-state index contributed by atoms with van der Waals surface area (Å²) in [5.74, 6) is -0.164. The maximum absolute atomic E-state index is 13.7. The fourth-order valence-electron chi connectivity index (χ4n) is 6.01. The first-order valence-corrected chi connectivity index (χ1v) is 14.4. The smallest absolute Gasteiger partial charge is 0.375 e. The number of nitrogens with one attached hydrogen (secondary N) is 1. The highest BCUT2D eigenvalue weighted by molar-refractivity contribution is 7.79. The molecule has 2 fully saturated rings. The maximum Gasteiger partial charge on any atom is 0.394 e. The number of halogens is 1. The summed E-state index contributed by atoms with van der Waals surface area (Å²) < 4.78 is 51.7. The van der Waals surface area contributed by atoms with Crippen LogP contribution in [0.15, 0.2) is 73.1 Å². The average Bonchev–Trinajstić information content (AvgIpc) is 3.34. The molecule has 1 aliphatic carbocycles. The molecule has 2 aromatic carbocycles. The molecule has 204 valence electrons. The predicted molar refractivity (Wildman–Crippen MR) is 145 cm³/mol. The molecule has 0 bridgehead atoms. The number of ether oxygens (including phenoxy) is 1. The van der Waals surface area contributed by atoms with Gasteiger partial charge in [-0.15, -0.1) is 0 Å². The SMILES string of the molecule is Fc1ccc(C2(CCNCc3ccccc3-c3ccncc3)CCOC3(CCCC3)C2)cc1.O=S(=O)(O)O. The molecule has 0 amide bonds. The Labute approximate surface area is 224 Å². The third-order valence-electron chi connectivity index (χ3n) is 7.73. The van der Waals surface area contributed by atoms with Gasteiger partial charge in [-0.1, -0.05) is 49.2 Å². The van der Waals surface area contributed by atoms with Gasteiger partial charge < -0.3 is 10.1 Å². The highest BCUT2D eigenvalue weighted by Gasteiger charge is 2.47. The minimum Gasteiger partial charge on any atom is -0.375 e. The molecule has 1 spiro atoms. The van der Waals surface area contributed by atoms with Crippen LogP contribution in [-0.4, -0.2) is 41.3 Å². The summed E-state index contributed by atoms with van der Waals surface area (Å²) >= 11 is 0. The molecule has 5 rings (SSSR count). The predicted octanol–water partition coefficient (Wildman–Crippen LogP) is 5.78. The van der Waals surface area contributed by atoms with E-state index in [1.165, 1.54) is 35.1 Å². The molecular weight excluding hydrogens is 507 g/mol. The molecule has 1 unspecified atom stereocenters. The van der Waals surface area contributed by atoms with Crippen LogP contribution in [0.4, 0.5) is 4.39 Å². The third kappa shape index (κ3) is 7.68. The van der Waals surface area contributed by atoms with Gasteiger partial charge in [-0.3, -0.25) is 14.1 Å². The monoisotopic (exact) mass is 542 g/mol. The van der Waals surface area contributed by atoms with E-state index >= 15 is 0 Å². The van der Waals surface area contributed by atoms with Crippen molar-refractivity contribution < 1.29 is 26.7 Å². The number of hydrogen-bond acceptors (Lipinski definition) is 5. The lowest BCUT2D eigenvalue weighted by molar-refractivity contribution is -0.103. The molecule has 1 saturated carbocycles. The second-order valence-corrected chi connectivity index (χ2v) is 11.1. The second kappa shape index (κ2) is 12.4. The highest BCUT2D eigenvalue weighted by Crippen LogP contribution is 2.50. The van der Waals surface area contributed by atoms with Gasteiger partial charge in [-0.05, 0) is 85.2 Å². The summed E-state index contributed by atoms with van der Waals surface area (Å²) in [6.07, 6.45) is 11.6. The molecule has 7 nitrogen and oxygen atoms in total. The Morgan fingerprint density at radius 3 is 2.29 bits per heavy atom. The zero-order chi connectivity index (χ0) is 27.1. The van der Waals surface area contributed by atoms with E-state index < -0.39 is 10.4 Å². The van der Waals surface area contributed by atoms with Crippen molar-refractivity contribution in [1.82, 2.24) is 10.3 Å². The molecule has 9 heteroatoms. The number of nitrogens with zero attached hydrogens (tertiary/aromatic N) is 1. The van der Waals surface area contributed by atoms with Crippen LogP contribution in [0.3, 0.4) is 0 Å². The standard InChI is InChI=1S/C29H33FN2O.H2O4S/c30-26-9-7-25(8-10-26)28(16-20-33-29(22-28)13-3-4-14-29)15-19-32-21-24-5-1-2-6-27(24)23-11-17-31-18-12-23;1-5(2,3)4/h1-2,5-12,17-18,32H,3-4,13-16,19-22H2;(H2,1,2,3,4). The van der Waals surface area contributed by atoms with Crippen molar-refractivity contribution in [3.63, 3.8) is 0 Å². The van der Waals surface area contributed by atoms with E-state index in [-0.39, 0.29) is 16.8 Å². The molecule has 0 radical (unpaired) electrons. The van der Waals surface area contributed by atoms with Crippen LogP contribution in [0, 0.1) is 5.82 Å².